The van der Waals surface area contributed by atoms with Crippen LogP contribution in [0.15, 0.2) is 85.7 Å². The highest BCUT2D eigenvalue weighted by molar-refractivity contribution is 6.29. The van der Waals surface area contributed by atoms with Crippen LogP contribution in [0.5, 0.6) is 23.3 Å². The summed E-state index contributed by atoms with van der Waals surface area (Å²) in [6.45, 7) is 0.515. The number of hydrogen-bond donors (Lipinski definition) is 4. The lowest BCUT2D eigenvalue weighted by Crippen LogP contribution is -1.96. The van der Waals surface area contributed by atoms with Crippen LogP contribution in [0.25, 0.3) is 0 Å². The fourth-order valence-corrected chi connectivity index (χ4v) is 2.85. The minimum Gasteiger partial charge on any atom is -0.439 e. The molecule has 3 heterocycles. The molecule has 0 aliphatic heterocycles. The summed E-state index contributed by atoms with van der Waals surface area (Å²) in [6, 6.07) is 20.8. The number of halogens is 1. The fourth-order valence-electron chi connectivity index (χ4n) is 2.70. The molecule has 3 aromatic heterocycles. The van der Waals surface area contributed by atoms with Crippen LogP contribution in [0.2, 0.25) is 5.15 Å². The van der Waals surface area contributed by atoms with Gasteiger partial charge in [0, 0.05) is 24.7 Å². The smallest absolute Gasteiger partial charge is 0.224 e. The van der Waals surface area contributed by atoms with Crippen molar-refractivity contribution in [3.05, 3.63) is 102 Å². The number of nitrogens with zero attached hydrogens (tertiary/aromatic N) is 7. The highest BCUT2D eigenvalue weighted by Crippen LogP contribution is 2.21. The van der Waals surface area contributed by atoms with E-state index in [1.165, 1.54) is 31.1 Å². The SMILES string of the molecule is N#Cc1ccc(Oc2cc(N)ncn2)cc1.NCc1ccc(Oc2cc(N)ncn2)cc1.Nc1cc(Cl)ncn1. The van der Waals surface area contributed by atoms with E-state index >= 15 is 0 Å². The van der Waals surface area contributed by atoms with E-state index in [-0.39, 0.29) is 0 Å². The normalized spacial score (nSPS) is 9.62. The Hall–Kier alpha value is -5.58. The summed E-state index contributed by atoms with van der Waals surface area (Å²) in [4.78, 5) is 22.6. The molecule has 0 fully saturated rings. The lowest BCUT2D eigenvalue weighted by molar-refractivity contribution is 0.461. The summed E-state index contributed by atoms with van der Waals surface area (Å²) in [5.41, 5.74) is 23.3. The first-order valence-electron chi connectivity index (χ1n) is 11.4. The van der Waals surface area contributed by atoms with Crippen molar-refractivity contribution in [1.29, 1.82) is 5.26 Å². The van der Waals surface area contributed by atoms with Crippen LogP contribution in [0, 0.1) is 11.3 Å². The lowest BCUT2D eigenvalue weighted by atomic mass is 10.2. The third kappa shape index (κ3) is 10.1. The molecule has 14 heteroatoms. The molecule has 0 aliphatic carbocycles. The number of benzene rings is 2. The van der Waals surface area contributed by atoms with Crippen LogP contribution in [0.1, 0.15) is 11.1 Å². The summed E-state index contributed by atoms with van der Waals surface area (Å²) in [5.74, 6) is 3.20. The van der Waals surface area contributed by atoms with E-state index in [2.05, 4.69) is 29.9 Å². The Labute approximate surface area is 234 Å². The molecule has 5 aromatic rings. The molecule has 202 valence electrons. The molecule has 0 amide bonds. The molecule has 5 rings (SSSR count). The van der Waals surface area contributed by atoms with Gasteiger partial charge in [-0.3, -0.25) is 0 Å². The topological polar surface area (TPSA) is 224 Å². The molecule has 0 unspecified atom stereocenters. The average molecular weight is 558 g/mol. The van der Waals surface area contributed by atoms with Gasteiger partial charge < -0.3 is 32.4 Å². The van der Waals surface area contributed by atoms with Gasteiger partial charge in [-0.25, -0.2) is 29.9 Å². The van der Waals surface area contributed by atoms with E-state index in [1.54, 1.807) is 30.3 Å². The van der Waals surface area contributed by atoms with Gasteiger partial charge >= 0.3 is 0 Å². The average Bonchev–Trinajstić information content (AvgIpc) is 2.95. The number of rotatable bonds is 5. The van der Waals surface area contributed by atoms with Gasteiger partial charge in [-0.05, 0) is 42.0 Å². The highest BCUT2D eigenvalue weighted by atomic mass is 35.5. The number of aromatic nitrogens is 6. The first-order chi connectivity index (χ1) is 19.3. The van der Waals surface area contributed by atoms with Gasteiger partial charge in [-0.2, -0.15) is 5.26 Å². The van der Waals surface area contributed by atoms with Crippen molar-refractivity contribution in [2.45, 2.75) is 6.54 Å². The molecule has 0 bridgehead atoms. The first kappa shape index (κ1) is 29.0. The van der Waals surface area contributed by atoms with Crippen molar-refractivity contribution in [3.63, 3.8) is 0 Å². The van der Waals surface area contributed by atoms with Gasteiger partial charge in [0.2, 0.25) is 11.8 Å². The fraction of sp³-hybridized carbons (Fsp3) is 0.0385. The molecule has 0 atom stereocenters. The van der Waals surface area contributed by atoms with Crippen molar-refractivity contribution in [1.82, 2.24) is 29.9 Å². The van der Waals surface area contributed by atoms with Crippen molar-refractivity contribution >= 4 is 29.1 Å². The second-order valence-electron chi connectivity index (χ2n) is 7.52. The van der Waals surface area contributed by atoms with Crippen molar-refractivity contribution < 1.29 is 9.47 Å². The zero-order chi connectivity index (χ0) is 28.7. The summed E-state index contributed by atoms with van der Waals surface area (Å²) >= 11 is 5.41. The molecule has 8 N–H and O–H groups in total. The van der Waals surface area contributed by atoms with Crippen LogP contribution in [-0.2, 0) is 6.54 Å². The van der Waals surface area contributed by atoms with Gasteiger partial charge in [0.1, 0.15) is 53.1 Å². The van der Waals surface area contributed by atoms with E-state index in [1.807, 2.05) is 30.3 Å². The van der Waals surface area contributed by atoms with Crippen molar-refractivity contribution in [2.24, 2.45) is 5.73 Å². The molecule has 2 aromatic carbocycles. The molecule has 40 heavy (non-hydrogen) atoms. The number of nitrogen functional groups attached to an aromatic ring is 3. The molecule has 0 radical (unpaired) electrons. The number of hydrogen-bond acceptors (Lipinski definition) is 13. The second-order valence-corrected chi connectivity index (χ2v) is 7.90. The summed E-state index contributed by atoms with van der Waals surface area (Å²) in [7, 11) is 0. The van der Waals surface area contributed by atoms with Crippen LogP contribution in [0.3, 0.4) is 0 Å². The maximum Gasteiger partial charge on any atom is 0.224 e. The Bertz CT molecular complexity index is 1530. The predicted molar refractivity (Wildman–Crippen MR) is 150 cm³/mol. The number of anilines is 3. The van der Waals surface area contributed by atoms with Gasteiger partial charge in [-0.1, -0.05) is 23.7 Å². The van der Waals surface area contributed by atoms with E-state index in [4.69, 9.17) is 49.3 Å². The van der Waals surface area contributed by atoms with E-state index in [0.29, 0.717) is 58.0 Å². The molecule has 13 nitrogen and oxygen atoms in total. The van der Waals surface area contributed by atoms with Crippen LogP contribution in [-0.4, -0.2) is 29.9 Å². The van der Waals surface area contributed by atoms with Gasteiger partial charge in [0.05, 0.1) is 11.6 Å². The maximum atomic E-state index is 8.63. The highest BCUT2D eigenvalue weighted by Gasteiger charge is 2.01. The minimum absolute atomic E-state index is 0.346. The summed E-state index contributed by atoms with van der Waals surface area (Å²) < 4.78 is 10.9. The summed E-state index contributed by atoms with van der Waals surface area (Å²) in [6.07, 6.45) is 4.00. The van der Waals surface area contributed by atoms with Crippen molar-refractivity contribution in [2.75, 3.05) is 17.2 Å². The minimum atomic E-state index is 0.346. The van der Waals surface area contributed by atoms with Crippen LogP contribution >= 0.6 is 11.6 Å². The Kier molecular flexibility index (Phi) is 10.9. The molecule has 0 saturated heterocycles. The maximum absolute atomic E-state index is 8.63. The van der Waals surface area contributed by atoms with E-state index in [9.17, 15) is 0 Å². The standard InChI is InChI=1S/C11H12N4O.C11H8N4O.C4H4ClN3/c2*12-6-8-1-3-9(4-2-8)16-11-5-10(13)14-7-15-11;5-3-1-4(6)8-2-7-3/h1-5,7H,6,12H2,(H2,13,14,15);1-5,7H,(H2,13,14,15);1-2H,(H2,6,7,8). The Balaban J connectivity index is 0.000000175. The number of nitriles is 1. The third-order valence-electron chi connectivity index (χ3n) is 4.57. The van der Waals surface area contributed by atoms with Gasteiger partial charge in [0.15, 0.2) is 0 Å². The largest absolute Gasteiger partial charge is 0.439 e. The monoisotopic (exact) mass is 557 g/mol. The molecule has 0 spiro atoms. The zero-order valence-electron chi connectivity index (χ0n) is 20.9. The number of nitrogens with two attached hydrogens (primary N) is 4. The van der Waals surface area contributed by atoms with E-state index in [0.717, 1.165) is 5.56 Å². The Morgan fingerprint density at radius 2 is 1.10 bits per heavy atom. The molecule has 0 saturated carbocycles. The van der Waals surface area contributed by atoms with Gasteiger partial charge in [0.25, 0.3) is 0 Å². The van der Waals surface area contributed by atoms with E-state index < -0.39 is 0 Å². The second kappa shape index (κ2) is 15.0. The van der Waals surface area contributed by atoms with Gasteiger partial charge in [-0.15, -0.1) is 0 Å². The zero-order valence-corrected chi connectivity index (χ0v) is 21.7. The lowest BCUT2D eigenvalue weighted by Gasteiger charge is -2.05. The first-order valence-corrected chi connectivity index (χ1v) is 11.8. The van der Waals surface area contributed by atoms with Crippen LogP contribution in [0.4, 0.5) is 17.5 Å². The quantitative estimate of drug-likeness (QED) is 0.226. The Morgan fingerprint density at radius 3 is 1.48 bits per heavy atom. The van der Waals surface area contributed by atoms with Crippen LogP contribution < -0.4 is 32.4 Å². The third-order valence-corrected chi connectivity index (χ3v) is 4.78. The molecular formula is C26H24ClN11O2. The number of ether oxygens (including phenoxy) is 2. The summed E-state index contributed by atoms with van der Waals surface area (Å²) in [5, 5.41) is 9.00. The molecular weight excluding hydrogens is 534 g/mol. The predicted octanol–water partition coefficient (Wildman–Crippen LogP) is 3.74. The molecule has 0 aliphatic rings. The van der Waals surface area contributed by atoms with Crippen molar-refractivity contribution in [3.8, 4) is 29.3 Å². The Morgan fingerprint density at radius 1 is 0.650 bits per heavy atom.